The van der Waals surface area contributed by atoms with Crippen molar-refractivity contribution >= 4 is 5.57 Å². The lowest BCUT2D eigenvalue weighted by molar-refractivity contribution is 0.684. The Hall–Kier alpha value is -2.34. The predicted molar refractivity (Wildman–Crippen MR) is 89.3 cm³/mol. The highest BCUT2D eigenvalue weighted by atomic mass is 14.3. The molecule has 1 unspecified atom stereocenters. The van der Waals surface area contributed by atoms with Gasteiger partial charge in [0.05, 0.1) is 0 Å². The third kappa shape index (κ3) is 2.97. The number of rotatable bonds is 4. The number of benzene rings is 1. The van der Waals surface area contributed by atoms with E-state index >= 15 is 0 Å². The van der Waals surface area contributed by atoms with Crippen LogP contribution in [0.1, 0.15) is 12.5 Å². The Balaban J connectivity index is 2.52. The van der Waals surface area contributed by atoms with Gasteiger partial charge in [0.2, 0.25) is 0 Å². The lowest BCUT2D eigenvalue weighted by Crippen LogP contribution is -2.12. The van der Waals surface area contributed by atoms with E-state index in [4.69, 9.17) is 0 Å². The molecular formula is C20H20. The molecule has 1 atom stereocenters. The van der Waals surface area contributed by atoms with Crippen LogP contribution in [-0.4, -0.2) is 0 Å². The first-order valence-corrected chi connectivity index (χ1v) is 6.79. The summed E-state index contributed by atoms with van der Waals surface area (Å²) in [5.74, 6) is 0. The summed E-state index contributed by atoms with van der Waals surface area (Å²) in [6, 6.07) is 10.4. The van der Waals surface area contributed by atoms with Crippen LogP contribution < -0.4 is 0 Å². The van der Waals surface area contributed by atoms with Gasteiger partial charge in [0, 0.05) is 5.41 Å². The average molecular weight is 260 g/mol. The van der Waals surface area contributed by atoms with E-state index in [1.54, 1.807) is 0 Å². The highest BCUT2D eigenvalue weighted by molar-refractivity contribution is 5.76. The van der Waals surface area contributed by atoms with Crippen LogP contribution in [0.15, 0.2) is 97.7 Å². The molecule has 20 heavy (non-hydrogen) atoms. The van der Waals surface area contributed by atoms with E-state index in [0.29, 0.717) is 0 Å². The molecule has 0 aliphatic heterocycles. The summed E-state index contributed by atoms with van der Waals surface area (Å²) in [6.07, 6.45) is 16.5. The zero-order valence-electron chi connectivity index (χ0n) is 11.9. The van der Waals surface area contributed by atoms with Crippen LogP contribution in [0.5, 0.6) is 0 Å². The summed E-state index contributed by atoms with van der Waals surface area (Å²) < 4.78 is 0. The van der Waals surface area contributed by atoms with Crippen LogP contribution >= 0.6 is 0 Å². The molecule has 0 N–H and O–H groups in total. The molecule has 1 aromatic rings. The fourth-order valence-electron chi connectivity index (χ4n) is 2.42. The topological polar surface area (TPSA) is 0 Å². The molecule has 0 fully saturated rings. The van der Waals surface area contributed by atoms with Crippen molar-refractivity contribution in [2.75, 3.05) is 0 Å². The molecule has 0 saturated heterocycles. The zero-order chi connectivity index (χ0) is 14.4. The van der Waals surface area contributed by atoms with E-state index in [9.17, 15) is 0 Å². The first-order valence-electron chi connectivity index (χ1n) is 6.79. The van der Waals surface area contributed by atoms with Gasteiger partial charge in [-0.1, -0.05) is 92.1 Å². The predicted octanol–water partition coefficient (Wildman–Crippen LogP) is 5.50. The Labute approximate surface area is 121 Å². The van der Waals surface area contributed by atoms with Crippen molar-refractivity contribution < 1.29 is 0 Å². The van der Waals surface area contributed by atoms with Crippen LogP contribution in [0.3, 0.4) is 0 Å². The fourth-order valence-corrected chi connectivity index (χ4v) is 2.42. The van der Waals surface area contributed by atoms with Gasteiger partial charge < -0.3 is 0 Å². The molecule has 1 aromatic carbocycles. The Morgan fingerprint density at radius 2 is 1.85 bits per heavy atom. The molecule has 0 aromatic heterocycles. The molecule has 1 aliphatic carbocycles. The van der Waals surface area contributed by atoms with Gasteiger partial charge in [0.1, 0.15) is 0 Å². The Kier molecular flexibility index (Phi) is 4.37. The summed E-state index contributed by atoms with van der Waals surface area (Å²) in [5.41, 5.74) is 3.40. The smallest absolute Gasteiger partial charge is 0.0295 e. The molecule has 2 rings (SSSR count). The van der Waals surface area contributed by atoms with Gasteiger partial charge in [-0.3, -0.25) is 0 Å². The van der Waals surface area contributed by atoms with Crippen molar-refractivity contribution in [1.82, 2.24) is 0 Å². The van der Waals surface area contributed by atoms with E-state index in [0.717, 1.165) is 5.57 Å². The van der Waals surface area contributed by atoms with Gasteiger partial charge in [0.15, 0.2) is 0 Å². The minimum Gasteiger partial charge on any atom is -0.0991 e. The van der Waals surface area contributed by atoms with Crippen molar-refractivity contribution in [3.63, 3.8) is 0 Å². The number of hydrogen-bond donors (Lipinski definition) is 0. The second-order valence-electron chi connectivity index (χ2n) is 5.03. The third-order valence-corrected chi connectivity index (χ3v) is 3.53. The summed E-state index contributed by atoms with van der Waals surface area (Å²) >= 11 is 0. The summed E-state index contributed by atoms with van der Waals surface area (Å²) in [4.78, 5) is 0. The fraction of sp³-hybridized carbons (Fsp3) is 0.100. The second kappa shape index (κ2) is 6.21. The van der Waals surface area contributed by atoms with Gasteiger partial charge in [-0.2, -0.15) is 0 Å². The van der Waals surface area contributed by atoms with Crippen LogP contribution in [0.4, 0.5) is 0 Å². The normalized spacial score (nSPS) is 22.1. The quantitative estimate of drug-likeness (QED) is 0.627. The third-order valence-electron chi connectivity index (χ3n) is 3.53. The van der Waals surface area contributed by atoms with E-state index in [2.05, 4.69) is 74.7 Å². The first kappa shape index (κ1) is 14.1. The average Bonchev–Trinajstić information content (AvgIpc) is 2.68. The maximum atomic E-state index is 3.93. The number of allylic oxidation sites excluding steroid dienone is 10. The lowest BCUT2D eigenvalue weighted by atomic mass is 9.79. The molecule has 0 radical (unpaired) electrons. The van der Waals surface area contributed by atoms with Crippen LogP contribution in [0.25, 0.3) is 5.57 Å². The molecule has 1 aliphatic rings. The molecular weight excluding hydrogens is 240 g/mol. The van der Waals surface area contributed by atoms with Gasteiger partial charge in [0.25, 0.3) is 0 Å². The van der Waals surface area contributed by atoms with E-state index in [1.807, 2.05) is 24.3 Å². The Bertz CT molecular complexity index is 609. The maximum absolute atomic E-state index is 3.93. The lowest BCUT2D eigenvalue weighted by Gasteiger charge is -2.24. The molecule has 0 heteroatoms. The van der Waals surface area contributed by atoms with Crippen LogP contribution in [0.2, 0.25) is 0 Å². The van der Waals surface area contributed by atoms with Crippen molar-refractivity contribution in [3.8, 4) is 0 Å². The monoisotopic (exact) mass is 260 g/mol. The standard InChI is InChI=1S/C20H20/c1-4-11-19(5-2)20(3)15-10-9-14-18(16-20)17-12-7-6-8-13-17/h4-16H,1-2H2,3H3/b19-11+. The van der Waals surface area contributed by atoms with Gasteiger partial charge in [-0.05, 0) is 23.6 Å². The van der Waals surface area contributed by atoms with Gasteiger partial charge in [-0.25, -0.2) is 0 Å². The SMILES string of the molecule is C=C/C=C(\C=C)C1(C)C=CC=CC(c2ccccc2)=C1. The van der Waals surface area contributed by atoms with Crippen molar-refractivity contribution in [2.24, 2.45) is 5.41 Å². The minimum atomic E-state index is -0.176. The molecule has 0 heterocycles. The zero-order valence-corrected chi connectivity index (χ0v) is 11.9. The van der Waals surface area contributed by atoms with E-state index in [1.165, 1.54) is 11.1 Å². The molecule has 100 valence electrons. The first-order chi connectivity index (χ1) is 9.69. The minimum absolute atomic E-state index is 0.176. The largest absolute Gasteiger partial charge is 0.0991 e. The molecule has 0 saturated carbocycles. The summed E-state index contributed by atoms with van der Waals surface area (Å²) in [7, 11) is 0. The highest BCUT2D eigenvalue weighted by Crippen LogP contribution is 2.36. The van der Waals surface area contributed by atoms with Crippen molar-refractivity contribution in [2.45, 2.75) is 6.92 Å². The Morgan fingerprint density at radius 1 is 1.10 bits per heavy atom. The van der Waals surface area contributed by atoms with E-state index in [-0.39, 0.29) is 5.41 Å². The Morgan fingerprint density at radius 3 is 2.50 bits per heavy atom. The van der Waals surface area contributed by atoms with E-state index < -0.39 is 0 Å². The summed E-state index contributed by atoms with van der Waals surface area (Å²) in [6.45, 7) is 9.91. The van der Waals surface area contributed by atoms with Gasteiger partial charge in [-0.15, -0.1) is 0 Å². The van der Waals surface area contributed by atoms with Crippen LogP contribution in [-0.2, 0) is 0 Å². The highest BCUT2D eigenvalue weighted by Gasteiger charge is 2.22. The number of hydrogen-bond acceptors (Lipinski definition) is 0. The maximum Gasteiger partial charge on any atom is 0.0295 e. The van der Waals surface area contributed by atoms with Crippen molar-refractivity contribution in [3.05, 3.63) is 103 Å². The molecule has 0 bridgehead atoms. The van der Waals surface area contributed by atoms with Gasteiger partial charge >= 0.3 is 0 Å². The second-order valence-corrected chi connectivity index (χ2v) is 5.03. The summed E-state index contributed by atoms with van der Waals surface area (Å²) in [5, 5.41) is 0. The van der Waals surface area contributed by atoms with Crippen LogP contribution in [0, 0.1) is 5.41 Å². The molecule has 0 amide bonds. The molecule has 0 nitrogen and oxygen atoms in total. The molecule has 0 spiro atoms. The van der Waals surface area contributed by atoms with Crippen molar-refractivity contribution in [1.29, 1.82) is 0 Å².